The Bertz CT molecular complexity index is 586. The van der Waals surface area contributed by atoms with Crippen molar-refractivity contribution in [2.24, 2.45) is 0 Å². The molecule has 1 aromatic carbocycles. The molecule has 0 saturated carbocycles. The fourth-order valence-corrected chi connectivity index (χ4v) is 1.95. The van der Waals surface area contributed by atoms with Crippen molar-refractivity contribution in [2.75, 3.05) is 23.8 Å². The molecule has 2 rings (SSSR count). The molecule has 1 aromatic heterocycles. The highest BCUT2D eigenvalue weighted by Crippen LogP contribution is 2.21. The van der Waals surface area contributed by atoms with E-state index < -0.39 is 0 Å². The molecule has 21 heavy (non-hydrogen) atoms. The zero-order valence-electron chi connectivity index (χ0n) is 12.8. The Morgan fingerprint density at radius 1 is 1.10 bits per heavy atom. The van der Waals surface area contributed by atoms with Gasteiger partial charge in [0.2, 0.25) is 0 Å². The van der Waals surface area contributed by atoms with E-state index in [-0.39, 0.29) is 0 Å². The fourth-order valence-electron chi connectivity index (χ4n) is 1.95. The van der Waals surface area contributed by atoms with Crippen LogP contribution < -0.4 is 15.4 Å². The Morgan fingerprint density at radius 3 is 2.67 bits per heavy atom. The Balaban J connectivity index is 2.14. The van der Waals surface area contributed by atoms with Crippen LogP contribution in [0.2, 0.25) is 0 Å². The average molecular weight is 286 g/mol. The first-order chi connectivity index (χ1) is 10.2. The minimum Gasteiger partial charge on any atom is -0.494 e. The molecule has 0 radical (unpaired) electrons. The van der Waals surface area contributed by atoms with E-state index in [0.717, 1.165) is 41.9 Å². The van der Waals surface area contributed by atoms with Crippen molar-refractivity contribution in [3.8, 4) is 5.75 Å². The predicted octanol–water partition coefficient (Wildman–Crippen LogP) is 3.75. The lowest BCUT2D eigenvalue weighted by molar-refractivity contribution is 0.340. The predicted molar refractivity (Wildman–Crippen MR) is 86.4 cm³/mol. The monoisotopic (exact) mass is 286 g/mol. The molecule has 5 nitrogen and oxygen atoms in total. The van der Waals surface area contributed by atoms with Gasteiger partial charge >= 0.3 is 0 Å². The number of rotatable bonds is 7. The van der Waals surface area contributed by atoms with Crippen molar-refractivity contribution in [2.45, 2.75) is 27.2 Å². The number of aryl methyl sites for hydroxylation is 1. The average Bonchev–Trinajstić information content (AvgIpc) is 2.45. The van der Waals surface area contributed by atoms with Gasteiger partial charge in [0.05, 0.1) is 6.61 Å². The van der Waals surface area contributed by atoms with Crippen molar-refractivity contribution in [3.05, 3.63) is 36.2 Å². The number of anilines is 3. The summed E-state index contributed by atoms with van der Waals surface area (Å²) in [6.07, 6.45) is 1.06. The molecule has 0 spiro atoms. The maximum atomic E-state index is 5.50. The quantitative estimate of drug-likeness (QED) is 0.811. The molecule has 0 atom stereocenters. The third-order valence-electron chi connectivity index (χ3n) is 2.81. The minimum absolute atomic E-state index is 0.654. The Kier molecular flexibility index (Phi) is 5.37. The second kappa shape index (κ2) is 7.47. The molecule has 0 amide bonds. The van der Waals surface area contributed by atoms with Crippen LogP contribution in [0, 0.1) is 6.92 Å². The summed E-state index contributed by atoms with van der Waals surface area (Å²) in [6.45, 7) is 7.54. The summed E-state index contributed by atoms with van der Waals surface area (Å²) in [5, 5.41) is 6.57. The summed E-state index contributed by atoms with van der Waals surface area (Å²) in [7, 11) is 0. The lowest BCUT2D eigenvalue weighted by Crippen LogP contribution is -2.05. The minimum atomic E-state index is 0.654. The van der Waals surface area contributed by atoms with E-state index in [1.54, 1.807) is 0 Å². The number of aromatic nitrogens is 2. The normalized spacial score (nSPS) is 10.2. The Morgan fingerprint density at radius 2 is 1.90 bits per heavy atom. The van der Waals surface area contributed by atoms with E-state index in [2.05, 4.69) is 27.5 Å². The molecule has 0 unspecified atom stereocenters. The molecule has 0 aliphatic carbocycles. The maximum absolute atomic E-state index is 5.50. The van der Waals surface area contributed by atoms with Crippen LogP contribution in [0.3, 0.4) is 0 Å². The van der Waals surface area contributed by atoms with Crippen LogP contribution in [-0.4, -0.2) is 23.1 Å². The van der Waals surface area contributed by atoms with Gasteiger partial charge in [-0.05, 0) is 32.4 Å². The topological polar surface area (TPSA) is 59.1 Å². The van der Waals surface area contributed by atoms with Gasteiger partial charge in [0.25, 0.3) is 0 Å². The van der Waals surface area contributed by atoms with Crippen LogP contribution >= 0.6 is 0 Å². The van der Waals surface area contributed by atoms with Gasteiger partial charge in [-0.1, -0.05) is 13.0 Å². The van der Waals surface area contributed by atoms with Gasteiger partial charge in [-0.15, -0.1) is 0 Å². The van der Waals surface area contributed by atoms with Crippen LogP contribution in [0.25, 0.3) is 0 Å². The lowest BCUT2D eigenvalue weighted by atomic mass is 10.3. The van der Waals surface area contributed by atoms with E-state index in [9.17, 15) is 0 Å². The molecule has 0 fully saturated rings. The highest BCUT2D eigenvalue weighted by molar-refractivity contribution is 5.60. The van der Waals surface area contributed by atoms with Crippen LogP contribution in [0.1, 0.15) is 26.1 Å². The van der Waals surface area contributed by atoms with Gasteiger partial charge < -0.3 is 15.4 Å². The van der Waals surface area contributed by atoms with Gasteiger partial charge in [-0.2, -0.15) is 0 Å². The zero-order chi connectivity index (χ0) is 15.1. The van der Waals surface area contributed by atoms with Crippen molar-refractivity contribution in [1.29, 1.82) is 0 Å². The molecular formula is C16H22N4O. The van der Waals surface area contributed by atoms with Crippen molar-refractivity contribution in [3.63, 3.8) is 0 Å². The molecule has 5 heteroatoms. The molecule has 1 heterocycles. The van der Waals surface area contributed by atoms with Crippen LogP contribution in [0.5, 0.6) is 5.75 Å². The highest BCUT2D eigenvalue weighted by Gasteiger charge is 2.03. The number of hydrogen-bond acceptors (Lipinski definition) is 5. The first-order valence-corrected chi connectivity index (χ1v) is 7.30. The summed E-state index contributed by atoms with van der Waals surface area (Å²) in [4.78, 5) is 8.78. The van der Waals surface area contributed by atoms with Crippen molar-refractivity contribution >= 4 is 17.3 Å². The first-order valence-electron chi connectivity index (χ1n) is 7.30. The second-order valence-electron chi connectivity index (χ2n) is 4.70. The van der Waals surface area contributed by atoms with E-state index in [1.165, 1.54) is 0 Å². The molecule has 0 aliphatic rings. The number of nitrogens with one attached hydrogen (secondary N) is 2. The molecule has 2 aromatic rings. The standard InChI is InChI=1S/C16H22N4O/c1-4-9-17-15-11-16(19-12(3)18-15)20-13-7-6-8-14(10-13)21-5-2/h6-8,10-11H,4-5,9H2,1-3H3,(H2,17,18,19,20). The SMILES string of the molecule is CCCNc1cc(Nc2cccc(OCC)c2)nc(C)n1. The van der Waals surface area contributed by atoms with Gasteiger partial charge in [0.1, 0.15) is 23.2 Å². The van der Waals surface area contributed by atoms with Gasteiger partial charge in [-0.25, -0.2) is 9.97 Å². The first kappa shape index (κ1) is 15.1. The van der Waals surface area contributed by atoms with E-state index in [0.29, 0.717) is 6.61 Å². The number of nitrogens with zero attached hydrogens (tertiary/aromatic N) is 2. The molecular weight excluding hydrogens is 264 g/mol. The number of ether oxygens (including phenoxy) is 1. The summed E-state index contributed by atoms with van der Waals surface area (Å²) >= 11 is 0. The third kappa shape index (κ3) is 4.63. The van der Waals surface area contributed by atoms with Gasteiger partial charge in [0.15, 0.2) is 0 Å². The molecule has 2 N–H and O–H groups in total. The Hall–Kier alpha value is -2.30. The van der Waals surface area contributed by atoms with Crippen LogP contribution in [0.15, 0.2) is 30.3 Å². The van der Waals surface area contributed by atoms with Gasteiger partial charge in [-0.3, -0.25) is 0 Å². The summed E-state index contributed by atoms with van der Waals surface area (Å²) in [5.74, 6) is 3.19. The molecule has 0 saturated heterocycles. The second-order valence-corrected chi connectivity index (χ2v) is 4.70. The van der Waals surface area contributed by atoms with E-state index >= 15 is 0 Å². The summed E-state index contributed by atoms with van der Waals surface area (Å²) < 4.78 is 5.50. The Labute approximate surface area is 125 Å². The number of benzene rings is 1. The van der Waals surface area contributed by atoms with E-state index in [1.807, 2.05) is 44.2 Å². The molecule has 112 valence electrons. The maximum Gasteiger partial charge on any atom is 0.136 e. The van der Waals surface area contributed by atoms with Crippen LogP contribution in [-0.2, 0) is 0 Å². The van der Waals surface area contributed by atoms with Crippen molar-refractivity contribution < 1.29 is 4.74 Å². The smallest absolute Gasteiger partial charge is 0.136 e. The summed E-state index contributed by atoms with van der Waals surface area (Å²) in [5.41, 5.74) is 0.945. The van der Waals surface area contributed by atoms with Crippen molar-refractivity contribution in [1.82, 2.24) is 9.97 Å². The molecule has 0 bridgehead atoms. The summed E-state index contributed by atoms with van der Waals surface area (Å²) in [6, 6.07) is 9.75. The highest BCUT2D eigenvalue weighted by atomic mass is 16.5. The van der Waals surface area contributed by atoms with Crippen LogP contribution in [0.4, 0.5) is 17.3 Å². The largest absolute Gasteiger partial charge is 0.494 e. The lowest BCUT2D eigenvalue weighted by Gasteiger charge is -2.11. The zero-order valence-corrected chi connectivity index (χ0v) is 12.8. The molecule has 0 aliphatic heterocycles. The number of hydrogen-bond donors (Lipinski definition) is 2. The van der Waals surface area contributed by atoms with Gasteiger partial charge in [0, 0.05) is 24.4 Å². The fraction of sp³-hybridized carbons (Fsp3) is 0.375. The van der Waals surface area contributed by atoms with E-state index in [4.69, 9.17) is 4.74 Å². The third-order valence-corrected chi connectivity index (χ3v) is 2.81.